The molecule has 1 aliphatic heterocycles. The predicted octanol–water partition coefficient (Wildman–Crippen LogP) is 1.35. The van der Waals surface area contributed by atoms with Crippen LogP contribution in [0.4, 0.5) is 4.79 Å². The Hall–Kier alpha value is -1.59. The fraction of sp³-hybridized carbons (Fsp3) is 0.750. The molecule has 0 atom stereocenters. The standard InChI is InChI=1S/C12H20N2O4/c1-12(2)7-4-8-14(12)11(18)13-9(15)5-3-6-10(16)17/h3-8H2,1-2H3,(H,16,17)(H,13,15,18). The lowest BCUT2D eigenvalue weighted by Crippen LogP contribution is -2.49. The second-order valence-electron chi connectivity index (χ2n) is 5.17. The van der Waals surface area contributed by atoms with Gasteiger partial charge in [0.25, 0.3) is 0 Å². The number of likely N-dealkylation sites (tertiary alicyclic amines) is 1. The summed E-state index contributed by atoms with van der Waals surface area (Å²) in [5, 5.41) is 10.7. The number of rotatable bonds is 4. The van der Waals surface area contributed by atoms with Crippen molar-refractivity contribution in [2.75, 3.05) is 6.54 Å². The van der Waals surface area contributed by atoms with Crippen LogP contribution in [0.15, 0.2) is 0 Å². The second kappa shape index (κ2) is 5.84. The predicted molar refractivity (Wildman–Crippen MR) is 65.0 cm³/mol. The lowest BCUT2D eigenvalue weighted by molar-refractivity contribution is -0.137. The van der Waals surface area contributed by atoms with E-state index in [0.717, 1.165) is 12.8 Å². The van der Waals surface area contributed by atoms with Crippen molar-refractivity contribution in [3.63, 3.8) is 0 Å². The minimum Gasteiger partial charge on any atom is -0.481 e. The lowest BCUT2D eigenvalue weighted by Gasteiger charge is -2.31. The summed E-state index contributed by atoms with van der Waals surface area (Å²) in [6, 6.07) is -0.377. The van der Waals surface area contributed by atoms with Crippen LogP contribution in [-0.2, 0) is 9.59 Å². The average Bonchev–Trinajstić information content (AvgIpc) is 2.57. The van der Waals surface area contributed by atoms with E-state index in [2.05, 4.69) is 5.32 Å². The Labute approximate surface area is 106 Å². The Kier molecular flexibility index (Phi) is 4.69. The van der Waals surface area contributed by atoms with E-state index in [1.807, 2.05) is 13.8 Å². The zero-order chi connectivity index (χ0) is 13.8. The summed E-state index contributed by atoms with van der Waals surface area (Å²) in [6.07, 6.45) is 2.11. The van der Waals surface area contributed by atoms with Gasteiger partial charge in [0.05, 0.1) is 0 Å². The summed E-state index contributed by atoms with van der Waals surface area (Å²) < 4.78 is 0. The molecule has 0 bridgehead atoms. The zero-order valence-electron chi connectivity index (χ0n) is 10.9. The van der Waals surface area contributed by atoms with Crippen LogP contribution < -0.4 is 5.32 Å². The number of urea groups is 1. The summed E-state index contributed by atoms with van der Waals surface area (Å²) in [4.78, 5) is 35.2. The first-order valence-corrected chi connectivity index (χ1v) is 6.16. The average molecular weight is 256 g/mol. The quantitative estimate of drug-likeness (QED) is 0.795. The number of nitrogens with one attached hydrogen (secondary N) is 1. The number of carboxylic acids is 1. The van der Waals surface area contributed by atoms with Gasteiger partial charge in [0.1, 0.15) is 0 Å². The number of carbonyl (C=O) groups excluding carboxylic acids is 2. The SMILES string of the molecule is CC1(C)CCCN1C(=O)NC(=O)CCCC(=O)O. The van der Waals surface area contributed by atoms with Crippen molar-refractivity contribution in [2.24, 2.45) is 0 Å². The van der Waals surface area contributed by atoms with Crippen molar-refractivity contribution in [3.05, 3.63) is 0 Å². The van der Waals surface area contributed by atoms with Crippen molar-refractivity contribution in [1.82, 2.24) is 10.2 Å². The van der Waals surface area contributed by atoms with Gasteiger partial charge in [-0.25, -0.2) is 4.79 Å². The van der Waals surface area contributed by atoms with Crippen molar-refractivity contribution < 1.29 is 19.5 Å². The number of imide groups is 1. The van der Waals surface area contributed by atoms with Crippen molar-refractivity contribution in [3.8, 4) is 0 Å². The molecule has 3 amide bonds. The molecule has 1 saturated heterocycles. The molecular weight excluding hydrogens is 236 g/mol. The molecular formula is C12H20N2O4. The maximum absolute atomic E-state index is 11.8. The molecule has 18 heavy (non-hydrogen) atoms. The van der Waals surface area contributed by atoms with Gasteiger partial charge < -0.3 is 10.0 Å². The van der Waals surface area contributed by atoms with Gasteiger partial charge in [-0.15, -0.1) is 0 Å². The molecule has 0 unspecified atom stereocenters. The number of carboxylic acid groups (broad SMARTS) is 1. The van der Waals surface area contributed by atoms with Crippen molar-refractivity contribution in [2.45, 2.75) is 51.5 Å². The largest absolute Gasteiger partial charge is 0.481 e. The first-order chi connectivity index (χ1) is 8.33. The van der Waals surface area contributed by atoms with Crippen molar-refractivity contribution >= 4 is 17.9 Å². The van der Waals surface area contributed by atoms with Gasteiger partial charge in [-0.3, -0.25) is 14.9 Å². The molecule has 1 rings (SSSR count). The Balaban J connectivity index is 2.36. The van der Waals surface area contributed by atoms with Gasteiger partial charge in [-0.1, -0.05) is 0 Å². The number of aliphatic carboxylic acids is 1. The summed E-state index contributed by atoms with van der Waals surface area (Å²) >= 11 is 0. The molecule has 0 aromatic heterocycles. The molecule has 2 N–H and O–H groups in total. The van der Waals surface area contributed by atoms with Gasteiger partial charge in [-0.05, 0) is 33.1 Å². The first kappa shape index (κ1) is 14.5. The number of carbonyl (C=O) groups is 3. The van der Waals surface area contributed by atoms with E-state index < -0.39 is 11.9 Å². The molecule has 6 nitrogen and oxygen atoms in total. The summed E-state index contributed by atoms with van der Waals surface area (Å²) in [5.41, 5.74) is -0.217. The normalized spacial score (nSPS) is 17.6. The van der Waals surface area contributed by atoms with Crippen LogP contribution in [0.25, 0.3) is 0 Å². The minimum absolute atomic E-state index is 0.0587. The van der Waals surface area contributed by atoms with E-state index >= 15 is 0 Å². The minimum atomic E-state index is -0.935. The van der Waals surface area contributed by atoms with Gasteiger partial charge in [0.2, 0.25) is 5.91 Å². The fourth-order valence-electron chi connectivity index (χ4n) is 2.13. The Morgan fingerprint density at radius 2 is 1.94 bits per heavy atom. The molecule has 6 heteroatoms. The van der Waals surface area contributed by atoms with Gasteiger partial charge in [0.15, 0.2) is 0 Å². The molecule has 1 heterocycles. The van der Waals surface area contributed by atoms with Crippen LogP contribution in [0.3, 0.4) is 0 Å². The molecule has 1 fully saturated rings. The fourth-order valence-corrected chi connectivity index (χ4v) is 2.13. The van der Waals surface area contributed by atoms with Crippen LogP contribution >= 0.6 is 0 Å². The monoisotopic (exact) mass is 256 g/mol. The summed E-state index contributed by atoms with van der Waals surface area (Å²) in [7, 11) is 0. The number of hydrogen-bond acceptors (Lipinski definition) is 3. The van der Waals surface area contributed by atoms with Gasteiger partial charge in [-0.2, -0.15) is 0 Å². The van der Waals surface area contributed by atoms with Crippen LogP contribution in [-0.4, -0.2) is 40.0 Å². The molecule has 0 spiro atoms. The van der Waals surface area contributed by atoms with Crippen LogP contribution in [0.5, 0.6) is 0 Å². The molecule has 0 saturated carbocycles. The Morgan fingerprint density at radius 3 is 2.44 bits per heavy atom. The third-order valence-electron chi connectivity index (χ3n) is 3.19. The van der Waals surface area contributed by atoms with Gasteiger partial charge >= 0.3 is 12.0 Å². The second-order valence-corrected chi connectivity index (χ2v) is 5.17. The van der Waals surface area contributed by atoms with Crippen molar-refractivity contribution in [1.29, 1.82) is 0 Å². The van der Waals surface area contributed by atoms with E-state index in [9.17, 15) is 14.4 Å². The lowest BCUT2D eigenvalue weighted by atomic mass is 10.0. The first-order valence-electron chi connectivity index (χ1n) is 6.16. The maximum atomic E-state index is 11.8. The summed E-state index contributed by atoms with van der Waals surface area (Å²) in [6.45, 7) is 4.59. The molecule has 1 aliphatic rings. The van der Waals surface area contributed by atoms with Gasteiger partial charge in [0, 0.05) is 24.9 Å². The smallest absolute Gasteiger partial charge is 0.324 e. The molecule has 0 radical (unpaired) electrons. The third kappa shape index (κ3) is 4.01. The maximum Gasteiger partial charge on any atom is 0.324 e. The highest BCUT2D eigenvalue weighted by Crippen LogP contribution is 2.27. The van der Waals surface area contributed by atoms with E-state index in [4.69, 9.17) is 5.11 Å². The number of hydrogen-bond donors (Lipinski definition) is 2. The number of nitrogens with zero attached hydrogens (tertiary/aromatic N) is 1. The topological polar surface area (TPSA) is 86.7 Å². The highest BCUT2D eigenvalue weighted by Gasteiger charge is 2.35. The highest BCUT2D eigenvalue weighted by molar-refractivity contribution is 5.94. The Bertz CT molecular complexity index is 352. The van der Waals surface area contributed by atoms with Crippen LogP contribution in [0, 0.1) is 0 Å². The Morgan fingerprint density at radius 1 is 1.28 bits per heavy atom. The summed E-state index contributed by atoms with van der Waals surface area (Å²) in [5.74, 6) is -1.35. The van der Waals surface area contributed by atoms with E-state index in [-0.39, 0.29) is 30.8 Å². The molecule has 102 valence electrons. The molecule has 0 aliphatic carbocycles. The van der Waals surface area contributed by atoms with Crippen LogP contribution in [0.1, 0.15) is 46.0 Å². The van der Waals surface area contributed by atoms with Crippen LogP contribution in [0.2, 0.25) is 0 Å². The van der Waals surface area contributed by atoms with E-state index in [1.54, 1.807) is 4.90 Å². The van der Waals surface area contributed by atoms with E-state index in [1.165, 1.54) is 0 Å². The molecule has 0 aromatic rings. The number of amides is 3. The highest BCUT2D eigenvalue weighted by atomic mass is 16.4. The third-order valence-corrected chi connectivity index (χ3v) is 3.19. The van der Waals surface area contributed by atoms with E-state index in [0.29, 0.717) is 6.54 Å². The molecule has 0 aromatic carbocycles. The zero-order valence-corrected chi connectivity index (χ0v) is 10.9.